The summed E-state index contributed by atoms with van der Waals surface area (Å²) in [5, 5.41) is 8.86. The second-order valence-electron chi connectivity index (χ2n) is 4.78. The standard InChI is InChI=1S/C14H21NO5S/c1-3-13(9-20-2)15-21(18,19)10-12-7-5-4-6-11(12)8-14(16)17/h4-7,13,15H,3,8-10H2,1-2H3,(H,16,17). The first-order valence-corrected chi connectivity index (χ1v) is 8.30. The largest absolute Gasteiger partial charge is 0.481 e. The van der Waals surface area contributed by atoms with Crippen LogP contribution in [0.3, 0.4) is 0 Å². The smallest absolute Gasteiger partial charge is 0.307 e. The third-order valence-electron chi connectivity index (χ3n) is 3.01. The highest BCUT2D eigenvalue weighted by atomic mass is 32.2. The first-order chi connectivity index (χ1) is 9.88. The number of benzene rings is 1. The highest BCUT2D eigenvalue weighted by Crippen LogP contribution is 2.13. The Hall–Kier alpha value is -1.44. The van der Waals surface area contributed by atoms with E-state index in [9.17, 15) is 13.2 Å². The molecule has 1 aromatic rings. The SMILES string of the molecule is CCC(COC)NS(=O)(=O)Cc1ccccc1CC(=O)O. The minimum absolute atomic E-state index is 0.193. The summed E-state index contributed by atoms with van der Waals surface area (Å²) in [6.07, 6.45) is 0.421. The molecule has 1 atom stereocenters. The Labute approximate surface area is 125 Å². The zero-order valence-electron chi connectivity index (χ0n) is 12.2. The van der Waals surface area contributed by atoms with Crippen molar-refractivity contribution in [3.63, 3.8) is 0 Å². The number of nitrogens with one attached hydrogen (secondary N) is 1. The van der Waals surface area contributed by atoms with E-state index < -0.39 is 16.0 Å². The number of carboxylic acid groups (broad SMARTS) is 1. The molecule has 1 aromatic carbocycles. The molecule has 7 heteroatoms. The second kappa shape index (κ2) is 8.11. The maximum Gasteiger partial charge on any atom is 0.307 e. The number of carbonyl (C=O) groups is 1. The Morgan fingerprint density at radius 1 is 1.33 bits per heavy atom. The van der Waals surface area contributed by atoms with Crippen LogP contribution >= 0.6 is 0 Å². The molecule has 1 rings (SSSR count). The third-order valence-corrected chi connectivity index (χ3v) is 4.40. The Morgan fingerprint density at radius 2 is 1.95 bits per heavy atom. The normalized spacial score (nSPS) is 13.0. The van der Waals surface area contributed by atoms with Crippen molar-refractivity contribution in [3.05, 3.63) is 35.4 Å². The molecule has 0 spiro atoms. The topological polar surface area (TPSA) is 92.7 Å². The summed E-state index contributed by atoms with van der Waals surface area (Å²) in [7, 11) is -2.04. The number of hydrogen-bond acceptors (Lipinski definition) is 4. The fraction of sp³-hybridized carbons (Fsp3) is 0.500. The molecule has 0 saturated heterocycles. The van der Waals surface area contributed by atoms with E-state index in [1.165, 1.54) is 7.11 Å². The van der Waals surface area contributed by atoms with E-state index in [1.807, 2.05) is 6.92 Å². The lowest BCUT2D eigenvalue weighted by atomic mass is 10.1. The number of sulfonamides is 1. The monoisotopic (exact) mass is 315 g/mol. The molecular formula is C14H21NO5S. The molecule has 0 bridgehead atoms. The minimum Gasteiger partial charge on any atom is -0.481 e. The van der Waals surface area contributed by atoms with Crippen molar-refractivity contribution in [3.8, 4) is 0 Å². The molecule has 0 aliphatic heterocycles. The lowest BCUT2D eigenvalue weighted by Crippen LogP contribution is -2.38. The highest BCUT2D eigenvalue weighted by Gasteiger charge is 2.19. The van der Waals surface area contributed by atoms with E-state index in [4.69, 9.17) is 9.84 Å². The van der Waals surface area contributed by atoms with Gasteiger partial charge in [0.15, 0.2) is 0 Å². The fourth-order valence-corrected chi connectivity index (χ4v) is 3.49. The Kier molecular flexibility index (Phi) is 6.80. The summed E-state index contributed by atoms with van der Waals surface area (Å²) in [6.45, 7) is 2.16. The molecule has 1 unspecified atom stereocenters. The average molecular weight is 315 g/mol. The predicted molar refractivity (Wildman–Crippen MR) is 79.5 cm³/mol. The van der Waals surface area contributed by atoms with Crippen LogP contribution in [0.2, 0.25) is 0 Å². The highest BCUT2D eigenvalue weighted by molar-refractivity contribution is 7.88. The summed E-state index contributed by atoms with van der Waals surface area (Å²) in [5.41, 5.74) is 1.01. The molecule has 0 heterocycles. The maximum atomic E-state index is 12.2. The summed E-state index contributed by atoms with van der Waals surface area (Å²) in [6, 6.07) is 6.37. The third kappa shape index (κ3) is 6.24. The van der Waals surface area contributed by atoms with Crippen LogP contribution < -0.4 is 4.72 Å². The summed E-state index contributed by atoms with van der Waals surface area (Å²) >= 11 is 0. The van der Waals surface area contributed by atoms with Gasteiger partial charge < -0.3 is 9.84 Å². The molecule has 0 saturated carbocycles. The summed E-state index contributed by atoms with van der Waals surface area (Å²) < 4.78 is 31.9. The molecule has 0 aromatic heterocycles. The number of methoxy groups -OCH3 is 1. The van der Waals surface area contributed by atoms with Crippen molar-refractivity contribution in [1.82, 2.24) is 4.72 Å². The predicted octanol–water partition coefficient (Wildman–Crippen LogP) is 1.16. The van der Waals surface area contributed by atoms with Crippen LogP contribution in [-0.2, 0) is 31.7 Å². The van der Waals surface area contributed by atoms with Gasteiger partial charge in [-0.15, -0.1) is 0 Å². The minimum atomic E-state index is -3.55. The van der Waals surface area contributed by atoms with Crippen LogP contribution in [0.5, 0.6) is 0 Å². The number of aliphatic carboxylic acids is 1. The first kappa shape index (κ1) is 17.6. The van der Waals surface area contributed by atoms with Crippen LogP contribution in [0.15, 0.2) is 24.3 Å². The van der Waals surface area contributed by atoms with E-state index in [2.05, 4.69) is 4.72 Å². The van der Waals surface area contributed by atoms with Gasteiger partial charge in [-0.25, -0.2) is 13.1 Å². The summed E-state index contributed by atoms with van der Waals surface area (Å²) in [4.78, 5) is 10.8. The van der Waals surface area contributed by atoms with Crippen molar-refractivity contribution in [2.45, 2.75) is 31.6 Å². The van der Waals surface area contributed by atoms with Crippen molar-refractivity contribution in [2.24, 2.45) is 0 Å². The first-order valence-electron chi connectivity index (χ1n) is 6.65. The second-order valence-corrected chi connectivity index (χ2v) is 6.53. The molecule has 0 aliphatic carbocycles. The fourth-order valence-electron chi connectivity index (χ4n) is 1.97. The molecule has 118 valence electrons. The van der Waals surface area contributed by atoms with Gasteiger partial charge in [-0.3, -0.25) is 4.79 Å². The maximum absolute atomic E-state index is 12.2. The van der Waals surface area contributed by atoms with Gasteiger partial charge in [0.2, 0.25) is 10.0 Å². The molecule has 0 fully saturated rings. The Bertz CT molecular complexity index is 570. The van der Waals surface area contributed by atoms with Crippen LogP contribution in [0.4, 0.5) is 0 Å². The van der Waals surface area contributed by atoms with Gasteiger partial charge >= 0.3 is 5.97 Å². The van der Waals surface area contributed by atoms with Gasteiger partial charge in [-0.05, 0) is 17.5 Å². The van der Waals surface area contributed by atoms with E-state index in [-0.39, 0.29) is 18.2 Å². The molecule has 21 heavy (non-hydrogen) atoms. The molecule has 2 N–H and O–H groups in total. The van der Waals surface area contributed by atoms with E-state index in [0.717, 1.165) is 0 Å². The number of ether oxygens (including phenoxy) is 1. The van der Waals surface area contributed by atoms with Gasteiger partial charge in [0.25, 0.3) is 0 Å². The summed E-state index contributed by atoms with van der Waals surface area (Å²) in [5.74, 6) is -1.23. The number of hydrogen-bond donors (Lipinski definition) is 2. The van der Waals surface area contributed by atoms with Crippen LogP contribution in [0.25, 0.3) is 0 Å². The Balaban J connectivity index is 2.86. The van der Waals surface area contributed by atoms with E-state index >= 15 is 0 Å². The van der Waals surface area contributed by atoms with Crippen LogP contribution in [0.1, 0.15) is 24.5 Å². The zero-order chi connectivity index (χ0) is 15.9. The van der Waals surface area contributed by atoms with Gasteiger partial charge in [0.05, 0.1) is 18.8 Å². The van der Waals surface area contributed by atoms with Crippen LogP contribution in [0, 0.1) is 0 Å². The van der Waals surface area contributed by atoms with E-state index in [0.29, 0.717) is 24.2 Å². The van der Waals surface area contributed by atoms with Gasteiger partial charge in [-0.1, -0.05) is 31.2 Å². The quantitative estimate of drug-likeness (QED) is 0.713. The lowest BCUT2D eigenvalue weighted by Gasteiger charge is -2.17. The van der Waals surface area contributed by atoms with Crippen molar-refractivity contribution in [1.29, 1.82) is 0 Å². The molecule has 0 radical (unpaired) electrons. The van der Waals surface area contributed by atoms with Gasteiger partial charge in [-0.2, -0.15) is 0 Å². The average Bonchev–Trinajstić information content (AvgIpc) is 2.39. The van der Waals surface area contributed by atoms with Crippen molar-refractivity contribution < 1.29 is 23.1 Å². The van der Waals surface area contributed by atoms with Crippen molar-refractivity contribution in [2.75, 3.05) is 13.7 Å². The van der Waals surface area contributed by atoms with Gasteiger partial charge in [0.1, 0.15) is 0 Å². The molecule has 0 aliphatic rings. The number of carboxylic acids is 1. The lowest BCUT2D eigenvalue weighted by molar-refractivity contribution is -0.136. The molecular weight excluding hydrogens is 294 g/mol. The molecule has 6 nitrogen and oxygen atoms in total. The van der Waals surface area contributed by atoms with E-state index in [1.54, 1.807) is 24.3 Å². The Morgan fingerprint density at radius 3 is 2.48 bits per heavy atom. The van der Waals surface area contributed by atoms with Crippen molar-refractivity contribution >= 4 is 16.0 Å². The van der Waals surface area contributed by atoms with Crippen LogP contribution in [-0.4, -0.2) is 39.3 Å². The van der Waals surface area contributed by atoms with Gasteiger partial charge in [0, 0.05) is 13.2 Å². The zero-order valence-corrected chi connectivity index (χ0v) is 13.0. The molecule has 0 amide bonds. The number of rotatable bonds is 9.